The van der Waals surface area contributed by atoms with Gasteiger partial charge in [-0.3, -0.25) is 0 Å². The first-order valence-corrected chi connectivity index (χ1v) is 6.81. The van der Waals surface area contributed by atoms with E-state index in [0.29, 0.717) is 5.69 Å². The summed E-state index contributed by atoms with van der Waals surface area (Å²) in [5.41, 5.74) is 1.90. The van der Waals surface area contributed by atoms with Gasteiger partial charge >= 0.3 is 6.09 Å². The van der Waals surface area contributed by atoms with Gasteiger partial charge < -0.3 is 4.74 Å². The zero-order chi connectivity index (χ0) is 15.5. The van der Waals surface area contributed by atoms with E-state index in [9.17, 15) is 4.79 Å². The van der Waals surface area contributed by atoms with Crippen molar-refractivity contribution in [3.05, 3.63) is 54.6 Å². The van der Waals surface area contributed by atoms with E-state index in [1.807, 2.05) is 69.3 Å². The topological polar surface area (TPSA) is 55.6 Å². The summed E-state index contributed by atoms with van der Waals surface area (Å²) in [6, 6.07) is 17.3. The van der Waals surface area contributed by atoms with Crippen molar-refractivity contribution in [1.29, 1.82) is 0 Å². The van der Waals surface area contributed by atoms with Crippen molar-refractivity contribution in [2.75, 3.05) is 5.01 Å². The molecule has 0 unspecified atom stereocenters. The number of nitrogens with two attached hydrogens (primary N) is 1. The first-order chi connectivity index (χ1) is 9.88. The lowest BCUT2D eigenvalue weighted by molar-refractivity contribution is 0.0580. The molecule has 0 saturated carbocycles. The highest BCUT2D eigenvalue weighted by Crippen LogP contribution is 2.29. The predicted octanol–water partition coefficient (Wildman–Crippen LogP) is 3.97. The van der Waals surface area contributed by atoms with Gasteiger partial charge in [-0.25, -0.2) is 15.6 Å². The monoisotopic (exact) mass is 284 g/mol. The fourth-order valence-corrected chi connectivity index (χ4v) is 1.95. The predicted molar refractivity (Wildman–Crippen MR) is 84.8 cm³/mol. The fraction of sp³-hybridized carbons (Fsp3) is 0.235. The standard InChI is InChI=1S/C17H20N2O2/c1-17(2,3)21-16(20)19(18)15-12-8-7-11-14(15)13-9-5-4-6-10-13/h4-12H,18H2,1-3H3. The Balaban J connectivity index is 2.34. The van der Waals surface area contributed by atoms with Crippen molar-refractivity contribution in [2.24, 2.45) is 5.84 Å². The van der Waals surface area contributed by atoms with Crippen molar-refractivity contribution in [3.63, 3.8) is 0 Å². The number of hydrazine groups is 1. The van der Waals surface area contributed by atoms with E-state index in [2.05, 4.69) is 0 Å². The maximum atomic E-state index is 12.1. The molecule has 0 aliphatic rings. The van der Waals surface area contributed by atoms with E-state index >= 15 is 0 Å². The zero-order valence-electron chi connectivity index (χ0n) is 12.5. The van der Waals surface area contributed by atoms with Gasteiger partial charge in [-0.1, -0.05) is 48.5 Å². The van der Waals surface area contributed by atoms with Crippen LogP contribution < -0.4 is 10.9 Å². The van der Waals surface area contributed by atoms with Crippen LogP contribution in [0.25, 0.3) is 11.1 Å². The molecule has 21 heavy (non-hydrogen) atoms. The molecular formula is C17H20N2O2. The van der Waals surface area contributed by atoms with Gasteiger partial charge in [0.2, 0.25) is 0 Å². The molecule has 2 aromatic rings. The van der Waals surface area contributed by atoms with Crippen molar-refractivity contribution in [3.8, 4) is 11.1 Å². The van der Waals surface area contributed by atoms with Crippen molar-refractivity contribution in [2.45, 2.75) is 26.4 Å². The Labute approximate surface area is 125 Å². The molecule has 4 nitrogen and oxygen atoms in total. The van der Waals surface area contributed by atoms with Gasteiger partial charge in [-0.15, -0.1) is 0 Å². The maximum Gasteiger partial charge on any atom is 0.429 e. The molecule has 2 N–H and O–H groups in total. The van der Waals surface area contributed by atoms with Crippen LogP contribution in [0.2, 0.25) is 0 Å². The lowest BCUT2D eigenvalue weighted by atomic mass is 10.0. The second kappa shape index (κ2) is 5.97. The van der Waals surface area contributed by atoms with Gasteiger partial charge in [0.25, 0.3) is 0 Å². The molecule has 2 aromatic carbocycles. The lowest BCUT2D eigenvalue weighted by Crippen LogP contribution is -2.41. The number of para-hydroxylation sites is 1. The molecule has 0 aliphatic carbocycles. The first-order valence-electron chi connectivity index (χ1n) is 6.81. The first kappa shape index (κ1) is 15.1. The Hall–Kier alpha value is -2.33. The van der Waals surface area contributed by atoms with Crippen LogP contribution in [0, 0.1) is 0 Å². The summed E-state index contributed by atoms with van der Waals surface area (Å²) in [6.45, 7) is 5.42. The molecular weight excluding hydrogens is 264 g/mol. The average Bonchev–Trinajstić information content (AvgIpc) is 2.45. The molecule has 0 spiro atoms. The van der Waals surface area contributed by atoms with Crippen molar-refractivity contribution in [1.82, 2.24) is 0 Å². The highest BCUT2D eigenvalue weighted by atomic mass is 16.6. The molecule has 0 aromatic heterocycles. The van der Waals surface area contributed by atoms with E-state index in [0.717, 1.165) is 16.1 Å². The number of hydrogen-bond donors (Lipinski definition) is 1. The third-order valence-electron chi connectivity index (χ3n) is 2.84. The smallest absolute Gasteiger partial charge is 0.429 e. The molecule has 0 fully saturated rings. The molecule has 0 radical (unpaired) electrons. The lowest BCUT2D eigenvalue weighted by Gasteiger charge is -2.25. The van der Waals surface area contributed by atoms with Crippen LogP contribution in [0.3, 0.4) is 0 Å². The highest BCUT2D eigenvalue weighted by molar-refractivity contribution is 5.92. The Morgan fingerprint density at radius 1 is 1.00 bits per heavy atom. The molecule has 0 atom stereocenters. The van der Waals surface area contributed by atoms with E-state index in [4.69, 9.17) is 10.6 Å². The maximum absolute atomic E-state index is 12.1. The number of carbonyl (C=O) groups is 1. The number of rotatable bonds is 2. The van der Waals surface area contributed by atoms with Crippen LogP contribution in [0.5, 0.6) is 0 Å². The van der Waals surface area contributed by atoms with E-state index in [-0.39, 0.29) is 0 Å². The fourth-order valence-electron chi connectivity index (χ4n) is 1.95. The Morgan fingerprint density at radius 2 is 1.57 bits per heavy atom. The minimum absolute atomic E-state index is 0.578. The van der Waals surface area contributed by atoms with Gasteiger partial charge in [-0.2, -0.15) is 0 Å². The second-order valence-corrected chi connectivity index (χ2v) is 5.73. The minimum Gasteiger partial charge on any atom is -0.442 e. The number of carbonyl (C=O) groups excluding carboxylic acids is 1. The molecule has 1 amide bonds. The summed E-state index contributed by atoms with van der Waals surface area (Å²) in [5, 5.41) is 1.05. The summed E-state index contributed by atoms with van der Waals surface area (Å²) in [5.74, 6) is 5.94. The number of amides is 1. The quantitative estimate of drug-likeness (QED) is 0.516. The van der Waals surface area contributed by atoms with Gasteiger partial charge in [0, 0.05) is 5.56 Å². The molecule has 0 bridgehead atoms. The number of hydrogen-bond acceptors (Lipinski definition) is 3. The summed E-state index contributed by atoms with van der Waals surface area (Å²) in [7, 11) is 0. The van der Waals surface area contributed by atoms with E-state index in [1.165, 1.54) is 0 Å². The summed E-state index contributed by atoms with van der Waals surface area (Å²) < 4.78 is 5.31. The molecule has 110 valence electrons. The van der Waals surface area contributed by atoms with Crippen molar-refractivity contribution < 1.29 is 9.53 Å². The number of benzene rings is 2. The van der Waals surface area contributed by atoms with Crippen LogP contribution in [-0.4, -0.2) is 11.7 Å². The van der Waals surface area contributed by atoms with Crippen LogP contribution in [0.4, 0.5) is 10.5 Å². The number of anilines is 1. The van der Waals surface area contributed by atoms with Crippen LogP contribution in [0.15, 0.2) is 54.6 Å². The van der Waals surface area contributed by atoms with Crippen LogP contribution in [0.1, 0.15) is 20.8 Å². The highest BCUT2D eigenvalue weighted by Gasteiger charge is 2.22. The SMILES string of the molecule is CC(C)(C)OC(=O)N(N)c1ccccc1-c1ccccc1. The summed E-state index contributed by atoms with van der Waals surface area (Å²) in [6.07, 6.45) is -0.578. The van der Waals surface area contributed by atoms with Gasteiger partial charge in [-0.05, 0) is 32.4 Å². The van der Waals surface area contributed by atoms with Gasteiger partial charge in [0.05, 0.1) is 5.69 Å². The normalized spacial score (nSPS) is 11.0. The summed E-state index contributed by atoms with van der Waals surface area (Å²) in [4.78, 5) is 12.1. The molecule has 0 heterocycles. The second-order valence-electron chi connectivity index (χ2n) is 5.73. The Bertz CT molecular complexity index is 618. The largest absolute Gasteiger partial charge is 0.442 e. The molecule has 0 saturated heterocycles. The Kier molecular flexibility index (Phi) is 4.29. The molecule has 0 aliphatic heterocycles. The average molecular weight is 284 g/mol. The Morgan fingerprint density at radius 3 is 2.19 bits per heavy atom. The minimum atomic E-state index is -0.587. The number of ether oxygens (including phenoxy) is 1. The summed E-state index contributed by atoms with van der Waals surface area (Å²) >= 11 is 0. The molecule has 2 rings (SSSR count). The van der Waals surface area contributed by atoms with Gasteiger partial charge in [0.1, 0.15) is 5.60 Å². The van der Waals surface area contributed by atoms with Crippen molar-refractivity contribution >= 4 is 11.8 Å². The molecule has 4 heteroatoms. The van der Waals surface area contributed by atoms with E-state index < -0.39 is 11.7 Å². The van der Waals surface area contributed by atoms with Crippen LogP contribution >= 0.6 is 0 Å². The number of nitrogens with zero attached hydrogens (tertiary/aromatic N) is 1. The zero-order valence-corrected chi connectivity index (χ0v) is 12.5. The third-order valence-corrected chi connectivity index (χ3v) is 2.84. The van der Waals surface area contributed by atoms with E-state index in [1.54, 1.807) is 6.07 Å². The third kappa shape index (κ3) is 3.83. The van der Waals surface area contributed by atoms with Gasteiger partial charge in [0.15, 0.2) is 0 Å². The van der Waals surface area contributed by atoms with Crippen LogP contribution in [-0.2, 0) is 4.74 Å².